The van der Waals surface area contributed by atoms with Crippen molar-refractivity contribution in [1.82, 2.24) is 10.6 Å². The van der Waals surface area contributed by atoms with Gasteiger partial charge in [0.05, 0.1) is 20.8 Å². The minimum absolute atomic E-state index is 0. The average Bonchev–Trinajstić information content (AvgIpc) is 3.25. The van der Waals surface area contributed by atoms with Gasteiger partial charge in [0.1, 0.15) is 0 Å². The van der Waals surface area contributed by atoms with Gasteiger partial charge in [-0.1, -0.05) is 49.2 Å². The third kappa shape index (κ3) is 7.00. The fourth-order valence-corrected chi connectivity index (χ4v) is 4.18. The number of hydrogen-bond donors (Lipinski definition) is 3. The lowest BCUT2D eigenvalue weighted by molar-refractivity contribution is 0.297. The van der Waals surface area contributed by atoms with Crippen LogP contribution in [0, 0.1) is 0 Å². The molecule has 1 unspecified atom stereocenters. The Labute approximate surface area is 203 Å². The van der Waals surface area contributed by atoms with Gasteiger partial charge in [0, 0.05) is 18.1 Å². The molecule has 6 nitrogen and oxygen atoms in total. The molecule has 1 fully saturated rings. The predicted molar refractivity (Wildman–Crippen MR) is 137 cm³/mol. The lowest BCUT2D eigenvalue weighted by Crippen LogP contribution is -2.53. The number of nitrogens with two attached hydrogens (primary N) is 1. The fraction of sp³-hybridized carbons (Fsp3) is 0.458. The van der Waals surface area contributed by atoms with Crippen LogP contribution in [-0.4, -0.2) is 32.3 Å². The Morgan fingerprint density at radius 2 is 1.74 bits per heavy atom. The maximum atomic E-state index is 6.18. The van der Waals surface area contributed by atoms with Crippen molar-refractivity contribution in [1.29, 1.82) is 0 Å². The van der Waals surface area contributed by atoms with E-state index < -0.39 is 0 Å². The second-order valence-electron chi connectivity index (χ2n) is 8.01. The molecule has 4 N–H and O–H groups in total. The Morgan fingerprint density at radius 1 is 1.06 bits per heavy atom. The summed E-state index contributed by atoms with van der Waals surface area (Å²) in [5.41, 5.74) is 8.54. The zero-order valence-electron chi connectivity index (χ0n) is 18.7. The molecule has 170 valence electrons. The van der Waals surface area contributed by atoms with Crippen LogP contribution in [0.3, 0.4) is 0 Å². The van der Waals surface area contributed by atoms with Crippen LogP contribution in [0.25, 0.3) is 0 Å². The summed E-state index contributed by atoms with van der Waals surface area (Å²) >= 11 is 0. The first kappa shape index (κ1) is 25.3. The van der Waals surface area contributed by atoms with E-state index in [9.17, 15) is 0 Å². The minimum atomic E-state index is 0. The van der Waals surface area contributed by atoms with Crippen molar-refractivity contribution in [3.63, 3.8) is 0 Å². The number of hydrogen-bond acceptors (Lipinski definition) is 4. The molecule has 0 heterocycles. The zero-order chi connectivity index (χ0) is 21.4. The van der Waals surface area contributed by atoms with Gasteiger partial charge in [-0.3, -0.25) is 0 Å². The van der Waals surface area contributed by atoms with Gasteiger partial charge in [0.2, 0.25) is 0 Å². The van der Waals surface area contributed by atoms with Crippen LogP contribution >= 0.6 is 24.0 Å². The molecule has 1 aliphatic rings. The van der Waals surface area contributed by atoms with Crippen molar-refractivity contribution in [2.24, 2.45) is 10.7 Å². The molecule has 0 aliphatic heterocycles. The molecule has 3 rings (SSSR count). The summed E-state index contributed by atoms with van der Waals surface area (Å²) in [4.78, 5) is 4.51. The third-order valence-electron chi connectivity index (χ3n) is 5.87. The van der Waals surface area contributed by atoms with Crippen molar-refractivity contribution >= 4 is 29.9 Å². The molecule has 0 saturated heterocycles. The Balaban J connectivity index is 0.00000341. The first-order valence-electron chi connectivity index (χ1n) is 10.6. The Kier molecular flexibility index (Phi) is 9.90. The minimum Gasteiger partial charge on any atom is -0.493 e. The molecule has 0 bridgehead atoms. The quantitative estimate of drug-likeness (QED) is 0.251. The normalized spacial score (nSPS) is 16.3. The molecule has 0 aromatic heterocycles. The first-order chi connectivity index (χ1) is 14.5. The topological polar surface area (TPSA) is 80.9 Å². The van der Waals surface area contributed by atoms with Crippen LogP contribution < -0.4 is 25.8 Å². The number of aliphatic imine (C=N–C) groups is 1. The van der Waals surface area contributed by atoms with Crippen molar-refractivity contribution in [3.8, 4) is 11.5 Å². The summed E-state index contributed by atoms with van der Waals surface area (Å²) in [6.45, 7) is 3.48. The van der Waals surface area contributed by atoms with Crippen LogP contribution in [0.2, 0.25) is 0 Å². The zero-order valence-corrected chi connectivity index (χ0v) is 21.0. The lowest BCUT2D eigenvalue weighted by Gasteiger charge is -2.34. The number of guanidine groups is 1. The molecule has 0 radical (unpaired) electrons. The monoisotopic (exact) mass is 538 g/mol. The highest BCUT2D eigenvalue weighted by atomic mass is 127. The number of rotatable bonds is 9. The summed E-state index contributed by atoms with van der Waals surface area (Å²) in [6, 6.07) is 16.7. The predicted octanol–water partition coefficient (Wildman–Crippen LogP) is 4.39. The number of benzene rings is 2. The summed E-state index contributed by atoms with van der Waals surface area (Å²) in [6.07, 6.45) is 4.75. The first-order valence-corrected chi connectivity index (χ1v) is 10.6. The third-order valence-corrected chi connectivity index (χ3v) is 5.87. The average molecular weight is 538 g/mol. The Hall–Kier alpha value is -2.00. The number of methoxy groups -OCH3 is 2. The molecule has 7 heteroatoms. The smallest absolute Gasteiger partial charge is 0.188 e. The summed E-state index contributed by atoms with van der Waals surface area (Å²) in [7, 11) is 3.26. The van der Waals surface area contributed by atoms with Crippen LogP contribution in [0.4, 0.5) is 0 Å². The van der Waals surface area contributed by atoms with E-state index in [0.717, 1.165) is 24.9 Å². The van der Waals surface area contributed by atoms with E-state index in [1.54, 1.807) is 14.2 Å². The molecule has 1 saturated carbocycles. The van der Waals surface area contributed by atoms with Gasteiger partial charge in [0.25, 0.3) is 0 Å². The van der Waals surface area contributed by atoms with E-state index in [4.69, 9.17) is 15.2 Å². The van der Waals surface area contributed by atoms with Crippen molar-refractivity contribution < 1.29 is 9.47 Å². The van der Waals surface area contributed by atoms with Gasteiger partial charge in [-0.15, -0.1) is 24.0 Å². The molecule has 2 aromatic carbocycles. The molecule has 0 spiro atoms. The van der Waals surface area contributed by atoms with Gasteiger partial charge in [-0.05, 0) is 43.0 Å². The van der Waals surface area contributed by atoms with Gasteiger partial charge >= 0.3 is 0 Å². The molecular formula is C24H35IN4O2. The molecule has 1 atom stereocenters. The number of ether oxygens (including phenoxy) is 2. The summed E-state index contributed by atoms with van der Waals surface area (Å²) in [5, 5.41) is 7.21. The van der Waals surface area contributed by atoms with Gasteiger partial charge in [-0.2, -0.15) is 0 Å². The van der Waals surface area contributed by atoms with E-state index in [-0.39, 0.29) is 35.6 Å². The van der Waals surface area contributed by atoms with E-state index in [2.05, 4.69) is 52.9 Å². The molecule has 2 aromatic rings. The maximum absolute atomic E-state index is 6.18. The highest BCUT2D eigenvalue weighted by molar-refractivity contribution is 14.0. The van der Waals surface area contributed by atoms with E-state index in [0.29, 0.717) is 24.0 Å². The van der Waals surface area contributed by atoms with Crippen molar-refractivity contribution in [2.45, 2.75) is 50.7 Å². The maximum Gasteiger partial charge on any atom is 0.188 e. The van der Waals surface area contributed by atoms with Crippen molar-refractivity contribution in [3.05, 3.63) is 59.7 Å². The summed E-state index contributed by atoms with van der Waals surface area (Å²) < 4.78 is 10.6. The summed E-state index contributed by atoms with van der Waals surface area (Å²) in [5.74, 6) is 1.86. The highest BCUT2D eigenvalue weighted by Crippen LogP contribution is 2.32. The van der Waals surface area contributed by atoms with Gasteiger partial charge in [0.15, 0.2) is 17.5 Å². The van der Waals surface area contributed by atoms with Crippen LogP contribution in [0.15, 0.2) is 53.5 Å². The SMILES string of the molecule is COc1ccc(CN=C(N)NCC2(NC(C)c3ccccc3)CCCC2)cc1OC.I. The van der Waals surface area contributed by atoms with Crippen molar-refractivity contribution in [2.75, 3.05) is 20.8 Å². The fourth-order valence-electron chi connectivity index (χ4n) is 4.18. The molecule has 0 amide bonds. The van der Waals surface area contributed by atoms with E-state index >= 15 is 0 Å². The number of nitrogens with zero attached hydrogens (tertiary/aromatic N) is 1. The van der Waals surface area contributed by atoms with E-state index in [1.807, 2.05) is 18.2 Å². The number of nitrogens with one attached hydrogen (secondary N) is 2. The molecule has 31 heavy (non-hydrogen) atoms. The molecule has 1 aliphatic carbocycles. The van der Waals surface area contributed by atoms with Gasteiger partial charge in [-0.25, -0.2) is 4.99 Å². The molecular weight excluding hydrogens is 503 g/mol. The number of halogens is 1. The second-order valence-corrected chi connectivity index (χ2v) is 8.01. The van der Waals surface area contributed by atoms with Crippen LogP contribution in [0.5, 0.6) is 11.5 Å². The highest BCUT2D eigenvalue weighted by Gasteiger charge is 2.34. The second kappa shape index (κ2) is 12.1. The van der Waals surface area contributed by atoms with Crippen LogP contribution in [-0.2, 0) is 6.54 Å². The van der Waals surface area contributed by atoms with Crippen LogP contribution in [0.1, 0.15) is 49.8 Å². The lowest BCUT2D eigenvalue weighted by atomic mass is 9.94. The Morgan fingerprint density at radius 3 is 2.39 bits per heavy atom. The Bertz CT molecular complexity index is 839. The largest absolute Gasteiger partial charge is 0.493 e. The van der Waals surface area contributed by atoms with Gasteiger partial charge < -0.3 is 25.8 Å². The van der Waals surface area contributed by atoms with E-state index in [1.165, 1.54) is 18.4 Å². The standard InChI is InChI=1S/C24H34N4O2.HI/c1-18(20-9-5-4-6-10-20)28-24(13-7-8-14-24)17-27-23(25)26-16-19-11-12-21(29-2)22(15-19)30-3;/h4-6,9-12,15,18,28H,7-8,13-14,16-17H2,1-3H3,(H3,25,26,27);1H.